The predicted octanol–water partition coefficient (Wildman–Crippen LogP) is 2.36. The number of benzene rings is 1. The lowest BCUT2D eigenvalue weighted by atomic mass is 10.1. The summed E-state index contributed by atoms with van der Waals surface area (Å²) in [6, 6.07) is 7.35. The molecule has 5 heteroatoms. The largest absolute Gasteiger partial charge is 0.460 e. The lowest BCUT2D eigenvalue weighted by molar-refractivity contribution is -0.139. The summed E-state index contributed by atoms with van der Waals surface area (Å²) in [5, 5.41) is 3.75. The number of hydrogen-bond donors (Lipinski definition) is 1. The van der Waals surface area contributed by atoms with Gasteiger partial charge in [0.15, 0.2) is 0 Å². The first-order valence-electron chi connectivity index (χ1n) is 7.88. The molecule has 0 bridgehead atoms. The van der Waals surface area contributed by atoms with Gasteiger partial charge in [-0.15, -0.1) is 0 Å². The molecule has 1 aliphatic heterocycles. The molecule has 1 fully saturated rings. The molecule has 0 radical (unpaired) electrons. The maximum atomic E-state index is 12.4. The number of rotatable bonds is 3. The van der Waals surface area contributed by atoms with Gasteiger partial charge in [-0.2, -0.15) is 0 Å². The van der Waals surface area contributed by atoms with Crippen molar-refractivity contribution in [3.05, 3.63) is 41.7 Å². The molecule has 1 N–H and O–H groups in total. The van der Waals surface area contributed by atoms with Crippen LogP contribution in [0.3, 0.4) is 0 Å². The second-order valence-electron chi connectivity index (χ2n) is 5.62. The van der Waals surface area contributed by atoms with E-state index in [9.17, 15) is 9.59 Å². The zero-order valence-electron chi connectivity index (χ0n) is 13.3. The van der Waals surface area contributed by atoms with Gasteiger partial charge < -0.3 is 14.6 Å². The normalized spacial score (nSPS) is 18.6. The van der Waals surface area contributed by atoms with Crippen LogP contribution < -0.4 is 5.32 Å². The topological polar surface area (TPSA) is 62.6 Å². The Morgan fingerprint density at radius 1 is 1.43 bits per heavy atom. The van der Waals surface area contributed by atoms with Gasteiger partial charge in [0.2, 0.25) is 11.8 Å². The number of piperazine rings is 1. The van der Waals surface area contributed by atoms with Crippen LogP contribution in [0.15, 0.2) is 34.8 Å². The van der Waals surface area contributed by atoms with Gasteiger partial charge in [-0.1, -0.05) is 25.1 Å². The van der Waals surface area contributed by atoms with Crippen molar-refractivity contribution in [2.75, 3.05) is 13.1 Å². The van der Waals surface area contributed by atoms with Crippen LogP contribution >= 0.6 is 0 Å². The Morgan fingerprint density at radius 2 is 2.22 bits per heavy atom. The Balaban J connectivity index is 1.88. The van der Waals surface area contributed by atoms with Crippen LogP contribution in [-0.4, -0.2) is 35.8 Å². The average molecular weight is 312 g/mol. The Bertz CT molecular complexity index is 776. The van der Waals surface area contributed by atoms with Crippen molar-refractivity contribution < 1.29 is 14.0 Å². The minimum atomic E-state index is -0.437. The number of furan rings is 1. The van der Waals surface area contributed by atoms with E-state index in [2.05, 4.69) is 5.32 Å². The van der Waals surface area contributed by atoms with E-state index in [0.717, 1.165) is 28.7 Å². The second kappa shape index (κ2) is 6.28. The van der Waals surface area contributed by atoms with Crippen molar-refractivity contribution >= 4 is 28.9 Å². The summed E-state index contributed by atoms with van der Waals surface area (Å²) in [5.74, 6) is 0.598. The zero-order valence-corrected chi connectivity index (χ0v) is 13.3. The molecule has 1 atom stereocenters. The summed E-state index contributed by atoms with van der Waals surface area (Å²) < 4.78 is 5.82. The van der Waals surface area contributed by atoms with E-state index >= 15 is 0 Å². The number of para-hydroxylation sites is 1. The molecule has 2 amide bonds. The van der Waals surface area contributed by atoms with Gasteiger partial charge in [-0.05, 0) is 19.1 Å². The summed E-state index contributed by atoms with van der Waals surface area (Å²) in [6.07, 6.45) is 4.09. The quantitative estimate of drug-likeness (QED) is 0.885. The molecule has 0 spiro atoms. The number of hydrogen-bond acceptors (Lipinski definition) is 3. The van der Waals surface area contributed by atoms with E-state index in [1.807, 2.05) is 31.2 Å². The third-order valence-electron chi connectivity index (χ3n) is 4.21. The molecular formula is C18H20N2O3. The molecule has 1 unspecified atom stereocenters. The van der Waals surface area contributed by atoms with E-state index in [1.54, 1.807) is 17.9 Å². The number of fused-ring (bicyclic) bond motifs is 1. The molecular weight excluding hydrogens is 292 g/mol. The van der Waals surface area contributed by atoms with Gasteiger partial charge in [0, 0.05) is 36.5 Å². The van der Waals surface area contributed by atoms with E-state index in [-0.39, 0.29) is 11.8 Å². The highest BCUT2D eigenvalue weighted by atomic mass is 16.3. The predicted molar refractivity (Wildman–Crippen MR) is 88.8 cm³/mol. The molecule has 5 nitrogen and oxygen atoms in total. The molecule has 1 aromatic carbocycles. The SMILES string of the molecule is CCc1oc2ccccc2c1/C=C/C(=O)N1CCNC(=O)C1C. The van der Waals surface area contributed by atoms with Crippen molar-refractivity contribution in [1.82, 2.24) is 10.2 Å². The molecule has 2 heterocycles. The van der Waals surface area contributed by atoms with Crippen molar-refractivity contribution in [1.29, 1.82) is 0 Å². The number of carbonyl (C=O) groups excluding carboxylic acids is 2. The fourth-order valence-corrected chi connectivity index (χ4v) is 2.90. The number of amides is 2. The van der Waals surface area contributed by atoms with Crippen molar-refractivity contribution in [2.45, 2.75) is 26.3 Å². The van der Waals surface area contributed by atoms with Crippen molar-refractivity contribution in [3.8, 4) is 0 Å². The van der Waals surface area contributed by atoms with Crippen LogP contribution in [0.1, 0.15) is 25.2 Å². The third-order valence-corrected chi connectivity index (χ3v) is 4.21. The molecule has 3 rings (SSSR count). The van der Waals surface area contributed by atoms with Gasteiger partial charge >= 0.3 is 0 Å². The monoisotopic (exact) mass is 312 g/mol. The van der Waals surface area contributed by atoms with E-state index in [4.69, 9.17) is 4.42 Å². The lowest BCUT2D eigenvalue weighted by Gasteiger charge is -2.31. The Labute approximate surface area is 134 Å². The fourth-order valence-electron chi connectivity index (χ4n) is 2.90. The summed E-state index contributed by atoms with van der Waals surface area (Å²) in [6.45, 7) is 4.79. The molecule has 120 valence electrons. The van der Waals surface area contributed by atoms with Gasteiger partial charge in [-0.3, -0.25) is 9.59 Å². The molecule has 1 aliphatic rings. The third kappa shape index (κ3) is 2.86. The van der Waals surface area contributed by atoms with Crippen molar-refractivity contribution in [2.24, 2.45) is 0 Å². The summed E-state index contributed by atoms with van der Waals surface area (Å²) in [5.41, 5.74) is 1.76. The van der Waals surface area contributed by atoms with Gasteiger partial charge in [0.05, 0.1) is 0 Å². The highest BCUT2D eigenvalue weighted by Crippen LogP contribution is 2.27. The minimum absolute atomic E-state index is 0.110. The molecule has 0 aliphatic carbocycles. The van der Waals surface area contributed by atoms with E-state index < -0.39 is 6.04 Å². The Morgan fingerprint density at radius 3 is 3.00 bits per heavy atom. The first-order chi connectivity index (χ1) is 11.1. The van der Waals surface area contributed by atoms with Gasteiger partial charge in [-0.25, -0.2) is 0 Å². The van der Waals surface area contributed by atoms with Crippen LogP contribution in [0.4, 0.5) is 0 Å². The molecule has 1 aromatic heterocycles. The first kappa shape index (κ1) is 15.3. The molecule has 1 saturated heterocycles. The highest BCUT2D eigenvalue weighted by Gasteiger charge is 2.27. The number of aryl methyl sites for hydroxylation is 1. The average Bonchev–Trinajstić information content (AvgIpc) is 2.93. The molecule has 23 heavy (non-hydrogen) atoms. The Hall–Kier alpha value is -2.56. The first-order valence-corrected chi connectivity index (χ1v) is 7.88. The maximum absolute atomic E-state index is 12.4. The molecule has 2 aromatic rings. The van der Waals surface area contributed by atoms with Gasteiger partial charge in [0.1, 0.15) is 17.4 Å². The van der Waals surface area contributed by atoms with Crippen LogP contribution in [0, 0.1) is 0 Å². The smallest absolute Gasteiger partial charge is 0.247 e. The van der Waals surface area contributed by atoms with Crippen LogP contribution in [0.25, 0.3) is 17.0 Å². The van der Waals surface area contributed by atoms with Crippen molar-refractivity contribution in [3.63, 3.8) is 0 Å². The fraction of sp³-hybridized carbons (Fsp3) is 0.333. The zero-order chi connectivity index (χ0) is 16.4. The van der Waals surface area contributed by atoms with E-state index in [0.29, 0.717) is 13.1 Å². The lowest BCUT2D eigenvalue weighted by Crippen LogP contribution is -2.55. The summed E-state index contributed by atoms with van der Waals surface area (Å²) in [4.78, 5) is 25.7. The van der Waals surface area contributed by atoms with Crippen LogP contribution in [0.2, 0.25) is 0 Å². The second-order valence-corrected chi connectivity index (χ2v) is 5.62. The number of nitrogens with one attached hydrogen (secondary N) is 1. The highest BCUT2D eigenvalue weighted by molar-refractivity contribution is 5.98. The van der Waals surface area contributed by atoms with Crippen LogP contribution in [0.5, 0.6) is 0 Å². The standard InChI is InChI=1S/C18H20N2O3/c1-3-15-14(13-6-4-5-7-16(13)23-15)8-9-17(21)20-11-10-19-18(22)12(20)2/h4-9,12H,3,10-11H2,1-2H3,(H,19,22)/b9-8+. The number of carbonyl (C=O) groups is 2. The minimum Gasteiger partial charge on any atom is -0.460 e. The Kier molecular flexibility index (Phi) is 4.19. The number of nitrogens with zero attached hydrogens (tertiary/aromatic N) is 1. The van der Waals surface area contributed by atoms with E-state index in [1.165, 1.54) is 6.08 Å². The van der Waals surface area contributed by atoms with Gasteiger partial charge in [0.25, 0.3) is 0 Å². The molecule has 0 saturated carbocycles. The maximum Gasteiger partial charge on any atom is 0.247 e. The summed E-state index contributed by atoms with van der Waals surface area (Å²) >= 11 is 0. The van der Waals surface area contributed by atoms with Crippen LogP contribution in [-0.2, 0) is 16.0 Å². The summed E-state index contributed by atoms with van der Waals surface area (Å²) in [7, 11) is 0.